The Kier molecular flexibility index (Phi) is 3.89. The van der Waals surface area contributed by atoms with E-state index in [1.807, 2.05) is 43.3 Å². The number of hydrogen-bond donors (Lipinski definition) is 1. The fourth-order valence-electron chi connectivity index (χ4n) is 2.67. The van der Waals surface area contributed by atoms with Gasteiger partial charge in [0.25, 0.3) is 17.6 Å². The Morgan fingerprint density at radius 3 is 2.54 bits per heavy atom. The molecular weight excluding hydrogens is 333 g/mol. The molecule has 2 aromatic heterocycles. The third-order valence-electron chi connectivity index (χ3n) is 3.85. The van der Waals surface area contributed by atoms with Crippen LogP contribution in [0.5, 0.6) is 0 Å². The number of aromatic nitrogens is 4. The van der Waals surface area contributed by atoms with Gasteiger partial charge in [0, 0.05) is 11.3 Å². The average molecular weight is 347 g/mol. The monoisotopic (exact) mass is 347 g/mol. The van der Waals surface area contributed by atoms with Crippen molar-refractivity contribution in [2.24, 2.45) is 0 Å². The lowest BCUT2D eigenvalue weighted by atomic mass is 10.1. The first-order chi connectivity index (χ1) is 12.6. The summed E-state index contributed by atoms with van der Waals surface area (Å²) in [7, 11) is 0. The number of rotatable bonds is 3. The molecule has 128 valence electrons. The Hall–Kier alpha value is -3.61. The van der Waals surface area contributed by atoms with Gasteiger partial charge >= 0.3 is 0 Å². The van der Waals surface area contributed by atoms with E-state index in [2.05, 4.69) is 20.4 Å². The molecule has 2 heterocycles. The molecule has 0 fully saturated rings. The molecule has 0 aliphatic carbocycles. The van der Waals surface area contributed by atoms with Crippen molar-refractivity contribution in [3.8, 4) is 11.3 Å². The van der Waals surface area contributed by atoms with Gasteiger partial charge in [-0.2, -0.15) is 9.50 Å². The normalized spacial score (nSPS) is 10.8. The SMILES string of the molecule is Cc1cc(-c2ccccc2)n2nc(NC(=O)c3ccccc3F)nc2n1. The van der Waals surface area contributed by atoms with Crippen LogP contribution in [0, 0.1) is 12.7 Å². The Bertz CT molecular complexity index is 1110. The number of hydrogen-bond acceptors (Lipinski definition) is 4. The van der Waals surface area contributed by atoms with Crippen molar-refractivity contribution >= 4 is 17.6 Å². The Balaban J connectivity index is 1.74. The maximum Gasteiger partial charge on any atom is 0.261 e. The van der Waals surface area contributed by atoms with Crippen molar-refractivity contribution in [1.82, 2.24) is 19.6 Å². The van der Waals surface area contributed by atoms with Crippen LogP contribution < -0.4 is 5.32 Å². The number of carbonyl (C=O) groups is 1. The molecule has 6 nitrogen and oxygen atoms in total. The largest absolute Gasteiger partial charge is 0.289 e. The smallest absolute Gasteiger partial charge is 0.261 e. The van der Waals surface area contributed by atoms with E-state index in [-0.39, 0.29) is 11.5 Å². The highest BCUT2D eigenvalue weighted by Crippen LogP contribution is 2.21. The minimum atomic E-state index is -0.614. The average Bonchev–Trinajstić information content (AvgIpc) is 3.04. The maximum absolute atomic E-state index is 13.8. The van der Waals surface area contributed by atoms with Crippen LogP contribution in [0.3, 0.4) is 0 Å². The first kappa shape index (κ1) is 15.9. The standard InChI is InChI=1S/C19H14FN5O/c1-12-11-16(13-7-3-2-4-8-13)25-19(21-12)23-18(24-25)22-17(26)14-9-5-6-10-15(14)20/h2-11H,1H3,(H,22,24,26). The summed E-state index contributed by atoms with van der Waals surface area (Å²) >= 11 is 0. The molecule has 4 rings (SSSR count). The molecule has 7 heteroatoms. The predicted octanol–water partition coefficient (Wildman–Crippen LogP) is 3.49. The fraction of sp³-hybridized carbons (Fsp3) is 0.0526. The van der Waals surface area contributed by atoms with Crippen LogP contribution in [-0.2, 0) is 0 Å². The van der Waals surface area contributed by atoms with Crippen LogP contribution in [0.4, 0.5) is 10.3 Å². The van der Waals surface area contributed by atoms with Gasteiger partial charge in [0.15, 0.2) is 0 Å². The second-order valence-corrected chi connectivity index (χ2v) is 5.73. The summed E-state index contributed by atoms with van der Waals surface area (Å²) in [6, 6.07) is 17.3. The van der Waals surface area contributed by atoms with Crippen LogP contribution in [-0.4, -0.2) is 25.5 Å². The van der Waals surface area contributed by atoms with Crippen LogP contribution in [0.15, 0.2) is 60.7 Å². The summed E-state index contributed by atoms with van der Waals surface area (Å²) in [4.78, 5) is 20.9. The minimum Gasteiger partial charge on any atom is -0.289 e. The lowest BCUT2D eigenvalue weighted by Crippen LogP contribution is -2.14. The molecule has 4 aromatic rings. The summed E-state index contributed by atoms with van der Waals surface area (Å²) in [5, 5.41) is 6.84. The van der Waals surface area contributed by atoms with Gasteiger partial charge in [-0.3, -0.25) is 10.1 Å². The number of anilines is 1. The van der Waals surface area contributed by atoms with Crippen molar-refractivity contribution in [2.45, 2.75) is 6.92 Å². The number of nitrogens with one attached hydrogen (secondary N) is 1. The predicted molar refractivity (Wildman–Crippen MR) is 95.3 cm³/mol. The molecule has 0 saturated carbocycles. The number of fused-ring (bicyclic) bond motifs is 1. The maximum atomic E-state index is 13.8. The highest BCUT2D eigenvalue weighted by molar-refractivity contribution is 6.03. The zero-order valence-corrected chi connectivity index (χ0v) is 13.8. The lowest BCUT2D eigenvalue weighted by molar-refractivity contribution is 0.102. The van der Waals surface area contributed by atoms with Crippen LogP contribution in [0.1, 0.15) is 16.1 Å². The summed E-state index contributed by atoms with van der Waals surface area (Å²) in [5.41, 5.74) is 2.45. The van der Waals surface area contributed by atoms with Gasteiger partial charge in [0.05, 0.1) is 11.3 Å². The first-order valence-corrected chi connectivity index (χ1v) is 7.97. The lowest BCUT2D eigenvalue weighted by Gasteiger charge is -2.04. The third kappa shape index (κ3) is 2.90. The summed E-state index contributed by atoms with van der Waals surface area (Å²) in [5.74, 6) is -0.800. The molecule has 1 amide bonds. The van der Waals surface area contributed by atoms with Crippen molar-refractivity contribution in [2.75, 3.05) is 5.32 Å². The zero-order chi connectivity index (χ0) is 18.1. The van der Waals surface area contributed by atoms with Gasteiger partial charge in [0.2, 0.25) is 0 Å². The number of amides is 1. The van der Waals surface area contributed by atoms with Gasteiger partial charge in [-0.25, -0.2) is 9.37 Å². The summed E-state index contributed by atoms with van der Waals surface area (Å²) in [6.07, 6.45) is 0. The van der Waals surface area contributed by atoms with Crippen LogP contribution in [0.25, 0.3) is 17.0 Å². The Labute approximate surface area is 148 Å². The van der Waals surface area contributed by atoms with E-state index in [9.17, 15) is 9.18 Å². The highest BCUT2D eigenvalue weighted by Gasteiger charge is 2.16. The van der Waals surface area contributed by atoms with Gasteiger partial charge in [-0.05, 0) is 25.1 Å². The minimum absolute atomic E-state index is 0.0635. The fourth-order valence-corrected chi connectivity index (χ4v) is 2.67. The number of halogens is 1. The second-order valence-electron chi connectivity index (χ2n) is 5.73. The summed E-state index contributed by atoms with van der Waals surface area (Å²) < 4.78 is 15.3. The number of nitrogens with zero attached hydrogens (tertiary/aromatic N) is 4. The first-order valence-electron chi connectivity index (χ1n) is 7.97. The quantitative estimate of drug-likeness (QED) is 0.616. The molecular formula is C19H14FN5O. The van der Waals surface area contributed by atoms with Crippen LogP contribution >= 0.6 is 0 Å². The molecule has 1 N–H and O–H groups in total. The molecule has 26 heavy (non-hydrogen) atoms. The molecule has 0 atom stereocenters. The molecule has 0 aliphatic heterocycles. The molecule has 0 bridgehead atoms. The van der Waals surface area contributed by atoms with E-state index in [0.717, 1.165) is 17.0 Å². The zero-order valence-electron chi connectivity index (χ0n) is 13.8. The molecule has 0 spiro atoms. The van der Waals surface area contributed by atoms with Gasteiger partial charge < -0.3 is 0 Å². The summed E-state index contributed by atoms with van der Waals surface area (Å²) in [6.45, 7) is 1.86. The van der Waals surface area contributed by atoms with E-state index in [1.54, 1.807) is 10.6 Å². The van der Waals surface area contributed by atoms with Crippen LogP contribution in [0.2, 0.25) is 0 Å². The van der Waals surface area contributed by atoms with E-state index in [4.69, 9.17) is 0 Å². The van der Waals surface area contributed by atoms with E-state index in [0.29, 0.717) is 5.78 Å². The van der Waals surface area contributed by atoms with Gasteiger partial charge in [0.1, 0.15) is 5.82 Å². The van der Waals surface area contributed by atoms with E-state index >= 15 is 0 Å². The topological polar surface area (TPSA) is 72.2 Å². The van der Waals surface area contributed by atoms with Gasteiger partial charge in [-0.1, -0.05) is 42.5 Å². The number of aryl methyl sites for hydroxylation is 1. The third-order valence-corrected chi connectivity index (χ3v) is 3.85. The second kappa shape index (κ2) is 6.36. The molecule has 0 unspecified atom stereocenters. The van der Waals surface area contributed by atoms with Crippen molar-refractivity contribution in [3.05, 3.63) is 77.7 Å². The number of carbonyl (C=O) groups excluding carboxylic acids is 1. The molecule has 2 aromatic carbocycles. The highest BCUT2D eigenvalue weighted by atomic mass is 19.1. The van der Waals surface area contributed by atoms with Gasteiger partial charge in [-0.15, -0.1) is 5.10 Å². The molecule has 0 aliphatic rings. The van der Waals surface area contributed by atoms with Crippen molar-refractivity contribution < 1.29 is 9.18 Å². The molecule has 0 radical (unpaired) electrons. The van der Waals surface area contributed by atoms with E-state index in [1.165, 1.54) is 18.2 Å². The van der Waals surface area contributed by atoms with Crippen molar-refractivity contribution in [1.29, 1.82) is 0 Å². The Morgan fingerprint density at radius 2 is 1.77 bits per heavy atom. The Morgan fingerprint density at radius 1 is 1.04 bits per heavy atom. The van der Waals surface area contributed by atoms with E-state index < -0.39 is 11.7 Å². The number of benzene rings is 2. The molecule has 0 saturated heterocycles. The van der Waals surface area contributed by atoms with Crippen molar-refractivity contribution in [3.63, 3.8) is 0 Å².